The first-order valence-electron chi connectivity index (χ1n) is 11.5. The summed E-state index contributed by atoms with van der Waals surface area (Å²) >= 11 is 1.34. The van der Waals surface area contributed by atoms with E-state index in [0.717, 1.165) is 55.0 Å². The lowest BCUT2D eigenvalue weighted by Crippen LogP contribution is -2.18. The average Bonchev–Trinajstić information content (AvgIpc) is 3.44. The Kier molecular flexibility index (Phi) is 6.98. The first kappa shape index (κ1) is 22.6. The quantitative estimate of drug-likeness (QED) is 0.498. The smallest absolute Gasteiger partial charge is 0.253 e. The highest BCUT2D eigenvalue weighted by Gasteiger charge is 2.16. The summed E-state index contributed by atoms with van der Waals surface area (Å²) in [5, 5.41) is 8.20. The molecule has 7 nitrogen and oxygen atoms in total. The summed E-state index contributed by atoms with van der Waals surface area (Å²) in [6.07, 6.45) is 5.77. The van der Waals surface area contributed by atoms with Gasteiger partial charge in [0.1, 0.15) is 0 Å². The van der Waals surface area contributed by atoms with E-state index in [2.05, 4.69) is 51.3 Å². The molecule has 0 spiro atoms. The second kappa shape index (κ2) is 9.90. The van der Waals surface area contributed by atoms with Crippen molar-refractivity contribution in [2.24, 2.45) is 0 Å². The van der Waals surface area contributed by atoms with Gasteiger partial charge in [0.05, 0.1) is 5.75 Å². The first-order chi connectivity index (χ1) is 15.5. The topological polar surface area (TPSA) is 75.4 Å². The van der Waals surface area contributed by atoms with Crippen LogP contribution < -0.4 is 10.2 Å². The Bertz CT molecular complexity index is 1120. The number of nitrogens with one attached hydrogen (secondary N) is 1. The molecule has 2 aromatic heterocycles. The molecule has 4 rings (SSSR count). The number of benzene rings is 1. The fourth-order valence-corrected chi connectivity index (χ4v) is 4.86. The number of unbranched alkanes of at least 4 members (excludes halogenated alkanes) is 1. The van der Waals surface area contributed by atoms with Crippen molar-refractivity contribution < 1.29 is 4.79 Å². The van der Waals surface area contributed by atoms with Crippen molar-refractivity contribution in [1.29, 1.82) is 0 Å². The summed E-state index contributed by atoms with van der Waals surface area (Å²) in [6.45, 7) is 10.6. The molecule has 1 fully saturated rings. The van der Waals surface area contributed by atoms with Gasteiger partial charge >= 0.3 is 0 Å². The Morgan fingerprint density at radius 3 is 2.66 bits per heavy atom. The van der Waals surface area contributed by atoms with Gasteiger partial charge in [-0.15, -0.1) is 5.10 Å². The molecule has 0 atom stereocenters. The van der Waals surface area contributed by atoms with Crippen molar-refractivity contribution in [3.8, 4) is 0 Å². The van der Waals surface area contributed by atoms with Crippen molar-refractivity contribution >= 4 is 34.8 Å². The van der Waals surface area contributed by atoms with E-state index in [1.165, 1.54) is 35.9 Å². The van der Waals surface area contributed by atoms with Crippen LogP contribution in [0.25, 0.3) is 5.78 Å². The van der Waals surface area contributed by atoms with Crippen LogP contribution in [0.4, 0.5) is 11.4 Å². The number of fused-ring (bicyclic) bond motifs is 1. The maximum Gasteiger partial charge on any atom is 0.253 e. The molecule has 3 aromatic rings. The minimum atomic E-state index is -0.0598. The van der Waals surface area contributed by atoms with Crippen LogP contribution >= 0.6 is 11.8 Å². The molecule has 1 aromatic carbocycles. The normalized spacial score (nSPS) is 13.8. The van der Waals surface area contributed by atoms with Gasteiger partial charge in [-0.3, -0.25) is 4.79 Å². The summed E-state index contributed by atoms with van der Waals surface area (Å²) in [4.78, 5) is 24.1. The summed E-state index contributed by atoms with van der Waals surface area (Å²) in [5.41, 5.74) is 6.50. The van der Waals surface area contributed by atoms with E-state index in [0.29, 0.717) is 10.9 Å². The number of thioether (sulfide) groups is 1. The van der Waals surface area contributed by atoms with Crippen molar-refractivity contribution in [3.63, 3.8) is 0 Å². The van der Waals surface area contributed by atoms with Crippen LogP contribution in [0.2, 0.25) is 0 Å². The Labute approximate surface area is 194 Å². The summed E-state index contributed by atoms with van der Waals surface area (Å²) in [5.74, 6) is 0.789. The van der Waals surface area contributed by atoms with Crippen molar-refractivity contribution in [2.45, 2.75) is 65.0 Å². The average molecular weight is 453 g/mol. The Morgan fingerprint density at radius 1 is 1.16 bits per heavy atom. The third kappa shape index (κ3) is 4.90. The predicted molar refractivity (Wildman–Crippen MR) is 131 cm³/mol. The van der Waals surface area contributed by atoms with E-state index in [-0.39, 0.29) is 11.7 Å². The van der Waals surface area contributed by atoms with Crippen LogP contribution in [0.1, 0.15) is 55.1 Å². The maximum atomic E-state index is 12.6. The van der Waals surface area contributed by atoms with Gasteiger partial charge < -0.3 is 10.2 Å². The summed E-state index contributed by atoms with van der Waals surface area (Å²) in [6, 6.07) is 6.25. The van der Waals surface area contributed by atoms with Crippen LogP contribution in [0, 0.1) is 20.8 Å². The van der Waals surface area contributed by atoms with E-state index in [1.807, 2.05) is 19.9 Å². The number of aromatic nitrogens is 4. The van der Waals surface area contributed by atoms with Gasteiger partial charge in [0.25, 0.3) is 5.78 Å². The van der Waals surface area contributed by atoms with Crippen LogP contribution in [0.15, 0.2) is 23.4 Å². The predicted octanol–water partition coefficient (Wildman–Crippen LogP) is 4.72. The van der Waals surface area contributed by atoms with E-state index >= 15 is 0 Å². The molecule has 1 amide bonds. The molecule has 8 heteroatoms. The lowest BCUT2D eigenvalue weighted by Gasteiger charge is -2.19. The van der Waals surface area contributed by atoms with Crippen LogP contribution in [-0.2, 0) is 11.2 Å². The zero-order chi connectivity index (χ0) is 22.7. The molecule has 0 saturated carbocycles. The Morgan fingerprint density at radius 2 is 1.94 bits per heavy atom. The van der Waals surface area contributed by atoms with E-state index in [4.69, 9.17) is 0 Å². The first-order valence-corrected chi connectivity index (χ1v) is 12.5. The molecule has 1 aliphatic heterocycles. The van der Waals surface area contributed by atoms with Crippen molar-refractivity contribution in [2.75, 3.05) is 29.1 Å². The van der Waals surface area contributed by atoms with Gasteiger partial charge in [-0.2, -0.15) is 4.98 Å². The van der Waals surface area contributed by atoms with Crippen LogP contribution in [0.5, 0.6) is 0 Å². The zero-order valence-electron chi connectivity index (χ0n) is 19.4. The number of carbonyl (C=O) groups excluding carboxylic acids is 1. The van der Waals surface area contributed by atoms with E-state index < -0.39 is 0 Å². The Hall–Kier alpha value is -2.61. The molecule has 0 unspecified atom stereocenters. The number of hydrogen-bond acceptors (Lipinski definition) is 6. The SMILES string of the molecule is CCCCc1c(C)nc2nc(SCC(=O)Nc3ccc(N4CCCC4)cc3C)nn2c1C. The molecule has 3 heterocycles. The van der Waals surface area contributed by atoms with E-state index in [9.17, 15) is 4.79 Å². The van der Waals surface area contributed by atoms with Crippen LogP contribution in [0.3, 0.4) is 0 Å². The molecule has 1 aliphatic rings. The number of anilines is 2. The maximum absolute atomic E-state index is 12.6. The number of rotatable bonds is 8. The van der Waals surface area contributed by atoms with Gasteiger partial charge in [0, 0.05) is 35.9 Å². The molecule has 0 radical (unpaired) electrons. The number of hydrogen-bond donors (Lipinski definition) is 1. The molecular formula is C24H32N6OS. The lowest BCUT2D eigenvalue weighted by molar-refractivity contribution is -0.113. The zero-order valence-corrected chi connectivity index (χ0v) is 20.3. The minimum Gasteiger partial charge on any atom is -0.372 e. The molecule has 1 N–H and O–H groups in total. The van der Waals surface area contributed by atoms with Gasteiger partial charge in [0.15, 0.2) is 0 Å². The number of amides is 1. The van der Waals surface area contributed by atoms with Crippen LogP contribution in [-0.4, -0.2) is 44.3 Å². The summed E-state index contributed by atoms with van der Waals surface area (Å²) in [7, 11) is 0. The molecule has 170 valence electrons. The highest BCUT2D eigenvalue weighted by atomic mass is 32.2. The fourth-order valence-electron chi connectivity index (χ4n) is 4.24. The van der Waals surface area contributed by atoms with Gasteiger partial charge in [-0.05, 0) is 75.8 Å². The third-order valence-electron chi connectivity index (χ3n) is 6.10. The van der Waals surface area contributed by atoms with E-state index in [1.54, 1.807) is 4.52 Å². The summed E-state index contributed by atoms with van der Waals surface area (Å²) < 4.78 is 1.81. The van der Waals surface area contributed by atoms with Gasteiger partial charge in [0.2, 0.25) is 11.1 Å². The molecule has 1 saturated heterocycles. The number of carbonyl (C=O) groups is 1. The largest absolute Gasteiger partial charge is 0.372 e. The van der Waals surface area contributed by atoms with Crippen molar-refractivity contribution in [1.82, 2.24) is 19.6 Å². The van der Waals surface area contributed by atoms with Gasteiger partial charge in [-0.1, -0.05) is 25.1 Å². The lowest BCUT2D eigenvalue weighted by atomic mass is 10.1. The second-order valence-corrected chi connectivity index (χ2v) is 9.44. The second-order valence-electron chi connectivity index (χ2n) is 8.50. The number of nitrogens with zero attached hydrogens (tertiary/aromatic N) is 5. The minimum absolute atomic E-state index is 0.0598. The third-order valence-corrected chi connectivity index (χ3v) is 6.94. The highest BCUT2D eigenvalue weighted by Crippen LogP contribution is 2.26. The highest BCUT2D eigenvalue weighted by molar-refractivity contribution is 7.99. The standard InChI is InChI=1S/C24H32N6OS/c1-5-6-9-20-17(3)25-23-27-24(28-30(23)18(20)4)32-15-22(31)26-21-11-10-19(14-16(21)2)29-12-7-8-13-29/h10-11,14H,5-9,12-13,15H2,1-4H3,(H,26,31). The van der Waals surface area contributed by atoms with Crippen molar-refractivity contribution in [3.05, 3.63) is 40.7 Å². The molecule has 32 heavy (non-hydrogen) atoms. The molecule has 0 aliphatic carbocycles. The fraction of sp³-hybridized carbons (Fsp3) is 0.500. The Balaban J connectivity index is 1.40. The number of aryl methyl sites for hydroxylation is 3. The molecule has 0 bridgehead atoms. The molecular weight excluding hydrogens is 420 g/mol. The monoisotopic (exact) mass is 452 g/mol. The van der Waals surface area contributed by atoms with Gasteiger partial charge in [-0.25, -0.2) is 9.50 Å².